The van der Waals surface area contributed by atoms with Gasteiger partial charge in [0.2, 0.25) is 0 Å². The van der Waals surface area contributed by atoms with Gasteiger partial charge in [-0.05, 0) is 29.8 Å². The van der Waals surface area contributed by atoms with Gasteiger partial charge in [-0.1, -0.05) is 48.5 Å². The third-order valence-electron chi connectivity index (χ3n) is 4.67. The Labute approximate surface area is 150 Å². The van der Waals surface area contributed by atoms with Crippen molar-refractivity contribution in [3.05, 3.63) is 84.6 Å². The van der Waals surface area contributed by atoms with E-state index in [0.29, 0.717) is 5.82 Å². The summed E-state index contributed by atoms with van der Waals surface area (Å²) in [7, 11) is 0. The third-order valence-corrected chi connectivity index (χ3v) is 4.67. The van der Waals surface area contributed by atoms with Gasteiger partial charge in [-0.25, -0.2) is 4.98 Å². The fourth-order valence-corrected chi connectivity index (χ4v) is 3.43. The van der Waals surface area contributed by atoms with E-state index in [4.69, 9.17) is 10.2 Å². The molecule has 3 heterocycles. The van der Waals surface area contributed by atoms with E-state index in [2.05, 4.69) is 52.0 Å². The first-order valence-electron chi connectivity index (χ1n) is 8.55. The van der Waals surface area contributed by atoms with Crippen molar-refractivity contribution in [1.82, 2.24) is 9.55 Å². The maximum atomic E-state index is 6.12. The van der Waals surface area contributed by atoms with Crippen molar-refractivity contribution in [2.24, 2.45) is 0 Å². The van der Waals surface area contributed by atoms with Crippen LogP contribution in [0.15, 0.2) is 83.4 Å². The summed E-state index contributed by atoms with van der Waals surface area (Å²) in [5, 5.41) is 2.15. The zero-order chi connectivity index (χ0) is 17.5. The van der Waals surface area contributed by atoms with E-state index in [-0.39, 0.29) is 0 Å². The van der Waals surface area contributed by atoms with E-state index in [0.717, 1.165) is 39.9 Å². The molecule has 26 heavy (non-hydrogen) atoms. The Balaban J connectivity index is 1.73. The number of furan rings is 1. The van der Waals surface area contributed by atoms with Crippen molar-refractivity contribution in [3.63, 3.8) is 0 Å². The maximum absolute atomic E-state index is 6.12. The molecule has 0 saturated heterocycles. The SMILES string of the molecule is Nc1cc2cc(-c3cc4ccccc4o3)n(Cc3ccccc3)c2cn1. The average molecular weight is 339 g/mol. The van der Waals surface area contributed by atoms with Gasteiger partial charge in [0.15, 0.2) is 5.76 Å². The van der Waals surface area contributed by atoms with Crippen LogP contribution in [0.1, 0.15) is 5.56 Å². The third kappa shape index (κ3) is 2.43. The van der Waals surface area contributed by atoms with Crippen LogP contribution in [-0.4, -0.2) is 9.55 Å². The van der Waals surface area contributed by atoms with Gasteiger partial charge in [0.1, 0.15) is 11.4 Å². The highest BCUT2D eigenvalue weighted by Gasteiger charge is 2.15. The molecule has 0 spiro atoms. The first-order valence-corrected chi connectivity index (χ1v) is 8.55. The second-order valence-corrected chi connectivity index (χ2v) is 6.42. The highest BCUT2D eigenvalue weighted by atomic mass is 16.3. The molecule has 0 radical (unpaired) electrons. The minimum atomic E-state index is 0.519. The topological polar surface area (TPSA) is 57.0 Å². The van der Waals surface area contributed by atoms with Crippen LogP contribution < -0.4 is 5.73 Å². The molecule has 0 atom stereocenters. The summed E-state index contributed by atoms with van der Waals surface area (Å²) in [6.07, 6.45) is 1.83. The molecule has 2 aromatic carbocycles. The van der Waals surface area contributed by atoms with Gasteiger partial charge in [-0.2, -0.15) is 0 Å². The summed E-state index contributed by atoms with van der Waals surface area (Å²) in [6.45, 7) is 0.738. The van der Waals surface area contributed by atoms with E-state index >= 15 is 0 Å². The van der Waals surface area contributed by atoms with Gasteiger partial charge in [-0.3, -0.25) is 0 Å². The quantitative estimate of drug-likeness (QED) is 0.499. The first kappa shape index (κ1) is 14.8. The fraction of sp³-hybridized carbons (Fsp3) is 0.0455. The lowest BCUT2D eigenvalue weighted by molar-refractivity contribution is 0.622. The molecule has 0 unspecified atom stereocenters. The number of aromatic nitrogens is 2. The number of pyridine rings is 1. The minimum absolute atomic E-state index is 0.519. The molecule has 0 aliphatic heterocycles. The van der Waals surface area contributed by atoms with Crippen LogP contribution >= 0.6 is 0 Å². The van der Waals surface area contributed by atoms with Gasteiger partial charge < -0.3 is 14.7 Å². The number of hydrogen-bond donors (Lipinski definition) is 1. The molecule has 0 aliphatic rings. The molecule has 3 aromatic heterocycles. The monoisotopic (exact) mass is 339 g/mol. The number of nitrogens with zero attached hydrogens (tertiary/aromatic N) is 2. The summed E-state index contributed by atoms with van der Waals surface area (Å²) >= 11 is 0. The summed E-state index contributed by atoms with van der Waals surface area (Å²) in [4.78, 5) is 4.29. The lowest BCUT2D eigenvalue weighted by Gasteiger charge is -2.09. The molecule has 5 rings (SSSR count). The van der Waals surface area contributed by atoms with Crippen LogP contribution in [0.4, 0.5) is 5.82 Å². The van der Waals surface area contributed by atoms with Gasteiger partial charge in [0, 0.05) is 17.3 Å². The number of rotatable bonds is 3. The maximum Gasteiger partial charge on any atom is 0.151 e. The van der Waals surface area contributed by atoms with Crippen LogP contribution in [-0.2, 0) is 6.54 Å². The molecule has 5 aromatic rings. The zero-order valence-electron chi connectivity index (χ0n) is 14.1. The number of fused-ring (bicyclic) bond motifs is 2. The molecular formula is C22H17N3O. The summed E-state index contributed by atoms with van der Waals surface area (Å²) in [5.41, 5.74) is 10.1. The summed E-state index contributed by atoms with van der Waals surface area (Å²) < 4.78 is 8.35. The first-order chi connectivity index (χ1) is 12.8. The Hall–Kier alpha value is -3.53. The van der Waals surface area contributed by atoms with Crippen molar-refractivity contribution in [3.8, 4) is 11.5 Å². The second kappa shape index (κ2) is 5.77. The highest BCUT2D eigenvalue weighted by Crippen LogP contribution is 2.33. The Morgan fingerprint density at radius 3 is 2.54 bits per heavy atom. The van der Waals surface area contributed by atoms with Gasteiger partial charge in [0.25, 0.3) is 0 Å². The molecule has 0 bridgehead atoms. The number of nitrogens with two attached hydrogens (primary N) is 1. The van der Waals surface area contributed by atoms with Crippen LogP contribution in [0.25, 0.3) is 33.3 Å². The van der Waals surface area contributed by atoms with E-state index < -0.39 is 0 Å². The van der Waals surface area contributed by atoms with Crippen molar-refractivity contribution in [2.45, 2.75) is 6.54 Å². The molecule has 0 fully saturated rings. The number of anilines is 1. The van der Waals surface area contributed by atoms with Crippen molar-refractivity contribution >= 4 is 27.7 Å². The van der Waals surface area contributed by atoms with Crippen LogP contribution in [0.2, 0.25) is 0 Å². The Kier molecular flexibility index (Phi) is 3.28. The molecule has 2 N–H and O–H groups in total. The van der Waals surface area contributed by atoms with Crippen LogP contribution in [0.5, 0.6) is 0 Å². The standard InChI is InChI=1S/C22H17N3O/c23-22-12-17-10-18(21-11-16-8-4-5-9-20(16)26-21)25(19(17)13-24-22)14-15-6-2-1-3-7-15/h1-13H,14H2,(H2,23,24). The molecule has 0 saturated carbocycles. The van der Waals surface area contributed by atoms with Crippen LogP contribution in [0, 0.1) is 0 Å². The Morgan fingerprint density at radius 1 is 0.885 bits per heavy atom. The molecule has 0 amide bonds. The lowest BCUT2D eigenvalue weighted by Crippen LogP contribution is -2.01. The van der Waals surface area contributed by atoms with Gasteiger partial charge in [-0.15, -0.1) is 0 Å². The normalized spacial score (nSPS) is 11.4. The van der Waals surface area contributed by atoms with E-state index in [1.54, 1.807) is 0 Å². The summed E-state index contributed by atoms with van der Waals surface area (Å²) in [5.74, 6) is 1.36. The molecule has 4 heteroatoms. The Morgan fingerprint density at radius 2 is 1.69 bits per heavy atom. The largest absolute Gasteiger partial charge is 0.455 e. The second-order valence-electron chi connectivity index (χ2n) is 6.42. The number of para-hydroxylation sites is 1. The smallest absolute Gasteiger partial charge is 0.151 e. The molecular weight excluding hydrogens is 322 g/mol. The summed E-state index contributed by atoms with van der Waals surface area (Å²) in [6, 6.07) is 24.5. The highest BCUT2D eigenvalue weighted by molar-refractivity contribution is 5.89. The number of hydrogen-bond acceptors (Lipinski definition) is 3. The zero-order valence-corrected chi connectivity index (χ0v) is 14.1. The molecule has 0 aliphatic carbocycles. The van der Waals surface area contributed by atoms with Gasteiger partial charge in [0.05, 0.1) is 17.4 Å². The van der Waals surface area contributed by atoms with E-state index in [1.165, 1.54) is 5.56 Å². The van der Waals surface area contributed by atoms with Crippen molar-refractivity contribution in [2.75, 3.05) is 5.73 Å². The number of benzene rings is 2. The van der Waals surface area contributed by atoms with E-state index in [9.17, 15) is 0 Å². The predicted molar refractivity (Wildman–Crippen MR) is 105 cm³/mol. The van der Waals surface area contributed by atoms with Gasteiger partial charge >= 0.3 is 0 Å². The number of nitrogen functional groups attached to an aromatic ring is 1. The van der Waals surface area contributed by atoms with Crippen molar-refractivity contribution < 1.29 is 4.42 Å². The Bertz CT molecular complexity index is 1190. The van der Waals surface area contributed by atoms with E-state index in [1.807, 2.05) is 36.5 Å². The minimum Gasteiger partial charge on any atom is -0.455 e. The predicted octanol–water partition coefficient (Wildman–Crippen LogP) is 5.08. The average Bonchev–Trinajstić information content (AvgIpc) is 3.24. The van der Waals surface area contributed by atoms with Crippen molar-refractivity contribution in [1.29, 1.82) is 0 Å². The molecule has 126 valence electrons. The lowest BCUT2D eigenvalue weighted by atomic mass is 10.2. The fourth-order valence-electron chi connectivity index (χ4n) is 3.43. The van der Waals surface area contributed by atoms with Crippen LogP contribution in [0.3, 0.4) is 0 Å². The molecule has 4 nitrogen and oxygen atoms in total.